The largest absolute Gasteiger partial charge is 0.490 e. The van der Waals surface area contributed by atoms with Gasteiger partial charge in [0, 0.05) is 57.1 Å². The standard InChI is InChI=1S/C26H28N4O2/c1-28-16-17-32-25-19-21(7-10-23(25)28)24(31)18-20-5-8-22(9-6-20)29-12-14-30(15-13-29)26-4-2-3-11-27-26/h2-11,19H,12-18H2,1H3. The Labute approximate surface area is 189 Å². The van der Waals surface area contributed by atoms with Crippen LogP contribution in [-0.2, 0) is 6.42 Å². The molecule has 0 aliphatic carbocycles. The fourth-order valence-corrected chi connectivity index (χ4v) is 4.38. The van der Waals surface area contributed by atoms with Crippen LogP contribution in [0.1, 0.15) is 15.9 Å². The van der Waals surface area contributed by atoms with Crippen molar-refractivity contribution in [1.82, 2.24) is 4.98 Å². The van der Waals surface area contributed by atoms with Gasteiger partial charge in [-0.1, -0.05) is 18.2 Å². The Bertz CT molecular complexity index is 1080. The number of ketones is 1. The van der Waals surface area contributed by atoms with E-state index in [-0.39, 0.29) is 5.78 Å². The summed E-state index contributed by atoms with van der Waals surface area (Å²) in [6.45, 7) is 5.33. The van der Waals surface area contributed by atoms with Crippen LogP contribution in [0.4, 0.5) is 17.2 Å². The summed E-state index contributed by atoms with van der Waals surface area (Å²) < 4.78 is 5.75. The summed E-state index contributed by atoms with van der Waals surface area (Å²) in [7, 11) is 2.04. The highest BCUT2D eigenvalue weighted by Crippen LogP contribution is 2.32. The van der Waals surface area contributed by atoms with E-state index >= 15 is 0 Å². The molecule has 2 aliphatic heterocycles. The smallest absolute Gasteiger partial charge is 0.167 e. The van der Waals surface area contributed by atoms with Gasteiger partial charge in [0.05, 0.1) is 12.2 Å². The number of likely N-dealkylation sites (N-methyl/N-ethyl adjacent to an activating group) is 1. The number of hydrogen-bond acceptors (Lipinski definition) is 6. The van der Waals surface area contributed by atoms with Gasteiger partial charge in [-0.2, -0.15) is 0 Å². The molecular formula is C26H28N4O2. The van der Waals surface area contributed by atoms with Crippen LogP contribution in [-0.4, -0.2) is 57.1 Å². The zero-order chi connectivity index (χ0) is 21.9. The van der Waals surface area contributed by atoms with Gasteiger partial charge in [0.25, 0.3) is 0 Å². The Kier molecular flexibility index (Phi) is 5.67. The summed E-state index contributed by atoms with van der Waals surface area (Å²) in [6.07, 6.45) is 2.24. The first-order chi connectivity index (χ1) is 15.7. The maximum Gasteiger partial charge on any atom is 0.167 e. The van der Waals surface area contributed by atoms with Crippen LogP contribution in [0.25, 0.3) is 0 Å². The van der Waals surface area contributed by atoms with Gasteiger partial charge in [-0.3, -0.25) is 4.79 Å². The number of aromatic nitrogens is 1. The number of ether oxygens (including phenoxy) is 1. The normalized spacial score (nSPS) is 15.8. The van der Waals surface area contributed by atoms with E-state index in [0.29, 0.717) is 18.6 Å². The SMILES string of the molecule is CN1CCOc2cc(C(=O)Cc3ccc(N4CCN(c5ccccn5)CC4)cc3)ccc21. The van der Waals surface area contributed by atoms with Gasteiger partial charge in [0.15, 0.2) is 5.78 Å². The number of rotatable bonds is 5. The van der Waals surface area contributed by atoms with Crippen LogP contribution in [0.2, 0.25) is 0 Å². The lowest BCUT2D eigenvalue weighted by Gasteiger charge is -2.36. The molecule has 0 unspecified atom stereocenters. The molecule has 164 valence electrons. The summed E-state index contributed by atoms with van der Waals surface area (Å²) in [5, 5.41) is 0. The van der Waals surface area contributed by atoms with Crippen LogP contribution in [0, 0.1) is 0 Å². The number of carbonyl (C=O) groups excluding carboxylic acids is 1. The van der Waals surface area contributed by atoms with E-state index in [1.165, 1.54) is 5.69 Å². The number of hydrogen-bond donors (Lipinski definition) is 0. The molecule has 1 aromatic heterocycles. The highest BCUT2D eigenvalue weighted by molar-refractivity contribution is 5.98. The quantitative estimate of drug-likeness (QED) is 0.578. The monoisotopic (exact) mass is 428 g/mol. The summed E-state index contributed by atoms with van der Waals surface area (Å²) >= 11 is 0. The Hall–Kier alpha value is -3.54. The maximum absolute atomic E-state index is 12.8. The lowest BCUT2D eigenvalue weighted by Crippen LogP contribution is -2.46. The van der Waals surface area contributed by atoms with Gasteiger partial charge in [-0.25, -0.2) is 4.98 Å². The Morgan fingerprint density at radius 3 is 2.47 bits per heavy atom. The number of fused-ring (bicyclic) bond motifs is 1. The van der Waals surface area contributed by atoms with Crippen molar-refractivity contribution in [1.29, 1.82) is 0 Å². The summed E-state index contributed by atoms with van der Waals surface area (Å²) in [4.78, 5) is 24.2. The molecule has 1 fully saturated rings. The molecule has 0 N–H and O–H groups in total. The van der Waals surface area contributed by atoms with E-state index in [1.807, 2.05) is 43.6 Å². The van der Waals surface area contributed by atoms with E-state index in [4.69, 9.17) is 4.74 Å². The van der Waals surface area contributed by atoms with Crippen molar-refractivity contribution < 1.29 is 9.53 Å². The first-order valence-electron chi connectivity index (χ1n) is 11.2. The molecule has 5 rings (SSSR count). The molecule has 2 aliphatic rings. The molecule has 0 spiro atoms. The minimum atomic E-state index is 0.112. The molecule has 0 amide bonds. The minimum absolute atomic E-state index is 0.112. The first kappa shape index (κ1) is 20.4. The molecule has 0 bridgehead atoms. The summed E-state index contributed by atoms with van der Waals surface area (Å²) in [5.41, 5.74) is 3.97. The molecule has 3 aromatic rings. The molecule has 3 heterocycles. The molecule has 0 atom stereocenters. The number of Topliss-reactive ketones (excluding diaryl/α,β-unsaturated/α-hetero) is 1. The summed E-state index contributed by atoms with van der Waals surface area (Å²) in [5.74, 6) is 1.95. The maximum atomic E-state index is 12.8. The third kappa shape index (κ3) is 4.26. The van der Waals surface area contributed by atoms with Gasteiger partial charge >= 0.3 is 0 Å². The number of piperazine rings is 1. The van der Waals surface area contributed by atoms with Crippen molar-refractivity contribution in [3.8, 4) is 5.75 Å². The predicted octanol–water partition coefficient (Wildman–Crippen LogP) is 3.66. The Balaban J connectivity index is 1.20. The predicted molar refractivity (Wildman–Crippen MR) is 128 cm³/mol. The van der Waals surface area contributed by atoms with Crippen LogP contribution < -0.4 is 19.4 Å². The molecule has 2 aromatic carbocycles. The average molecular weight is 429 g/mol. The Morgan fingerprint density at radius 2 is 1.72 bits per heavy atom. The lowest BCUT2D eigenvalue weighted by molar-refractivity contribution is 0.0992. The zero-order valence-electron chi connectivity index (χ0n) is 18.4. The molecule has 32 heavy (non-hydrogen) atoms. The van der Waals surface area contributed by atoms with E-state index in [0.717, 1.165) is 55.5 Å². The van der Waals surface area contributed by atoms with Gasteiger partial charge in [0.1, 0.15) is 18.2 Å². The topological polar surface area (TPSA) is 48.9 Å². The lowest BCUT2D eigenvalue weighted by atomic mass is 10.0. The van der Waals surface area contributed by atoms with Gasteiger partial charge in [-0.05, 0) is 48.0 Å². The summed E-state index contributed by atoms with van der Waals surface area (Å²) in [6, 6.07) is 20.2. The molecule has 1 saturated heterocycles. The second-order valence-electron chi connectivity index (χ2n) is 8.38. The van der Waals surface area contributed by atoms with Gasteiger partial charge < -0.3 is 19.4 Å². The van der Waals surface area contributed by atoms with Crippen molar-refractivity contribution in [2.75, 3.05) is 61.1 Å². The van der Waals surface area contributed by atoms with Crippen molar-refractivity contribution in [3.05, 3.63) is 78.0 Å². The molecular weight excluding hydrogens is 400 g/mol. The van der Waals surface area contributed by atoms with E-state index in [2.05, 4.69) is 50.0 Å². The highest BCUT2D eigenvalue weighted by atomic mass is 16.5. The van der Waals surface area contributed by atoms with Gasteiger partial charge in [0.2, 0.25) is 0 Å². The fraction of sp³-hybridized carbons (Fsp3) is 0.308. The molecule has 0 saturated carbocycles. The van der Waals surface area contributed by atoms with Crippen LogP contribution >= 0.6 is 0 Å². The Morgan fingerprint density at radius 1 is 0.938 bits per heavy atom. The number of pyridine rings is 1. The van der Waals surface area contributed by atoms with Crippen molar-refractivity contribution in [2.45, 2.75) is 6.42 Å². The van der Waals surface area contributed by atoms with Crippen LogP contribution in [0.3, 0.4) is 0 Å². The number of benzene rings is 2. The third-order valence-corrected chi connectivity index (χ3v) is 6.30. The van der Waals surface area contributed by atoms with Crippen molar-refractivity contribution in [3.63, 3.8) is 0 Å². The second-order valence-corrected chi connectivity index (χ2v) is 8.38. The van der Waals surface area contributed by atoms with Crippen LogP contribution in [0.5, 0.6) is 5.75 Å². The van der Waals surface area contributed by atoms with E-state index in [1.54, 1.807) is 0 Å². The molecule has 6 heteroatoms. The number of anilines is 3. The van der Waals surface area contributed by atoms with Gasteiger partial charge in [-0.15, -0.1) is 0 Å². The van der Waals surface area contributed by atoms with Crippen LogP contribution in [0.15, 0.2) is 66.9 Å². The first-order valence-corrected chi connectivity index (χ1v) is 11.2. The fourth-order valence-electron chi connectivity index (χ4n) is 4.38. The van der Waals surface area contributed by atoms with Crippen molar-refractivity contribution >= 4 is 23.0 Å². The second kappa shape index (κ2) is 8.91. The van der Waals surface area contributed by atoms with Crippen molar-refractivity contribution in [2.24, 2.45) is 0 Å². The molecule has 0 radical (unpaired) electrons. The highest BCUT2D eigenvalue weighted by Gasteiger charge is 2.19. The third-order valence-electron chi connectivity index (χ3n) is 6.30. The average Bonchev–Trinajstić information content (AvgIpc) is 2.85. The number of nitrogens with zero attached hydrogens (tertiary/aromatic N) is 4. The van der Waals surface area contributed by atoms with E-state index < -0.39 is 0 Å². The zero-order valence-corrected chi connectivity index (χ0v) is 18.4. The number of carbonyl (C=O) groups is 1. The van der Waals surface area contributed by atoms with E-state index in [9.17, 15) is 4.79 Å². The minimum Gasteiger partial charge on any atom is -0.490 e. The molecule has 6 nitrogen and oxygen atoms in total.